The van der Waals surface area contributed by atoms with E-state index in [0.29, 0.717) is 5.78 Å². The minimum Gasteiger partial charge on any atom is -0.297 e. The third kappa shape index (κ3) is 4.89. The molecule has 1 saturated carbocycles. The van der Waals surface area contributed by atoms with Crippen molar-refractivity contribution < 1.29 is 4.79 Å². The van der Waals surface area contributed by atoms with Crippen molar-refractivity contribution in [3.05, 3.63) is 60.7 Å². The molecule has 120 valence electrons. The van der Waals surface area contributed by atoms with E-state index in [4.69, 9.17) is 0 Å². The Morgan fingerprint density at radius 1 is 0.783 bits per heavy atom. The molecule has 0 bridgehead atoms. The van der Waals surface area contributed by atoms with Gasteiger partial charge in [0.2, 0.25) is 0 Å². The first-order valence-corrected chi connectivity index (χ1v) is 10.1. The number of ketones is 1. The van der Waals surface area contributed by atoms with Gasteiger partial charge in [0.25, 0.3) is 0 Å². The second-order valence-electron chi connectivity index (χ2n) is 5.93. The van der Waals surface area contributed by atoms with E-state index < -0.39 is 0 Å². The SMILES string of the molecule is O=C(C1CCCCC1)C(Sc1ccccc1)Sc1ccccc1. The molecule has 3 heteroatoms. The van der Waals surface area contributed by atoms with Crippen LogP contribution in [0.15, 0.2) is 70.5 Å². The first-order chi connectivity index (χ1) is 11.3. The molecule has 0 unspecified atom stereocenters. The van der Waals surface area contributed by atoms with E-state index in [1.54, 1.807) is 23.5 Å². The molecule has 0 heterocycles. The zero-order chi connectivity index (χ0) is 15.9. The van der Waals surface area contributed by atoms with Crippen molar-refractivity contribution in [2.45, 2.75) is 46.5 Å². The Labute approximate surface area is 147 Å². The maximum absolute atomic E-state index is 13.1. The first-order valence-electron chi connectivity index (χ1n) is 8.30. The summed E-state index contributed by atoms with van der Waals surface area (Å²) in [6.07, 6.45) is 5.83. The average molecular weight is 343 g/mol. The van der Waals surface area contributed by atoms with E-state index in [1.807, 2.05) is 36.4 Å². The summed E-state index contributed by atoms with van der Waals surface area (Å²) in [4.78, 5) is 15.4. The smallest absolute Gasteiger partial charge is 0.159 e. The lowest BCUT2D eigenvalue weighted by Crippen LogP contribution is -2.25. The third-order valence-electron chi connectivity index (χ3n) is 4.21. The molecule has 0 spiro atoms. The molecule has 0 aromatic heterocycles. The topological polar surface area (TPSA) is 17.1 Å². The van der Waals surface area contributed by atoms with E-state index in [1.165, 1.54) is 29.1 Å². The molecule has 2 aromatic rings. The van der Waals surface area contributed by atoms with Crippen molar-refractivity contribution in [1.29, 1.82) is 0 Å². The van der Waals surface area contributed by atoms with Crippen molar-refractivity contribution in [2.24, 2.45) is 5.92 Å². The van der Waals surface area contributed by atoms with Crippen LogP contribution < -0.4 is 0 Å². The van der Waals surface area contributed by atoms with Crippen molar-refractivity contribution in [2.75, 3.05) is 0 Å². The summed E-state index contributed by atoms with van der Waals surface area (Å²) in [5, 5.41) is 0. The third-order valence-corrected chi connectivity index (χ3v) is 6.77. The van der Waals surface area contributed by atoms with Gasteiger partial charge < -0.3 is 0 Å². The van der Waals surface area contributed by atoms with Crippen LogP contribution >= 0.6 is 23.5 Å². The van der Waals surface area contributed by atoms with Gasteiger partial charge in [-0.15, -0.1) is 23.5 Å². The van der Waals surface area contributed by atoms with E-state index in [9.17, 15) is 4.79 Å². The monoisotopic (exact) mass is 342 g/mol. The van der Waals surface area contributed by atoms with Gasteiger partial charge in [-0.05, 0) is 37.1 Å². The first kappa shape index (κ1) is 16.7. The highest BCUT2D eigenvalue weighted by Gasteiger charge is 2.29. The summed E-state index contributed by atoms with van der Waals surface area (Å²) in [5.74, 6) is 0.675. The molecular formula is C20H22OS2. The summed E-state index contributed by atoms with van der Waals surface area (Å²) in [7, 11) is 0. The van der Waals surface area contributed by atoms with Gasteiger partial charge in [-0.25, -0.2) is 0 Å². The fourth-order valence-electron chi connectivity index (χ4n) is 2.97. The van der Waals surface area contributed by atoms with Crippen LogP contribution in [0.25, 0.3) is 0 Å². The van der Waals surface area contributed by atoms with Gasteiger partial charge in [0.15, 0.2) is 5.78 Å². The molecule has 0 amide bonds. The molecule has 0 aliphatic heterocycles. The molecule has 0 radical (unpaired) electrons. The number of carbonyl (C=O) groups excluding carboxylic acids is 1. The number of hydrogen-bond donors (Lipinski definition) is 0. The molecule has 1 aliphatic rings. The van der Waals surface area contributed by atoms with Gasteiger partial charge in [-0.1, -0.05) is 55.7 Å². The number of rotatable bonds is 6. The second-order valence-corrected chi connectivity index (χ2v) is 8.59. The summed E-state index contributed by atoms with van der Waals surface area (Å²) < 4.78 is -0.0529. The van der Waals surface area contributed by atoms with Crippen molar-refractivity contribution in [1.82, 2.24) is 0 Å². The Kier molecular flexibility index (Phi) is 6.23. The Morgan fingerprint density at radius 2 is 1.26 bits per heavy atom. The van der Waals surface area contributed by atoms with Crippen LogP contribution in [0.4, 0.5) is 0 Å². The van der Waals surface area contributed by atoms with Gasteiger partial charge in [0.1, 0.15) is 4.58 Å². The number of benzene rings is 2. The molecule has 1 aliphatic carbocycles. The molecule has 3 rings (SSSR count). The standard InChI is InChI=1S/C20H22OS2/c21-19(16-10-4-1-5-11-16)20(22-17-12-6-2-7-13-17)23-18-14-8-3-9-15-18/h2-3,6-9,12-16,20H,1,4-5,10-11H2. The fraction of sp³-hybridized carbons (Fsp3) is 0.350. The molecule has 2 aromatic carbocycles. The van der Waals surface area contributed by atoms with Crippen LogP contribution in [0.5, 0.6) is 0 Å². The molecular weight excluding hydrogens is 320 g/mol. The van der Waals surface area contributed by atoms with Crippen molar-refractivity contribution >= 4 is 29.3 Å². The zero-order valence-corrected chi connectivity index (χ0v) is 14.8. The summed E-state index contributed by atoms with van der Waals surface area (Å²) in [5.41, 5.74) is 0. The maximum atomic E-state index is 13.1. The predicted octanol–water partition coefficient (Wildman–Crippen LogP) is 6.05. The normalized spacial score (nSPS) is 15.7. The summed E-state index contributed by atoms with van der Waals surface area (Å²) in [6.45, 7) is 0. The largest absolute Gasteiger partial charge is 0.297 e. The molecule has 23 heavy (non-hydrogen) atoms. The van der Waals surface area contributed by atoms with Gasteiger partial charge >= 0.3 is 0 Å². The van der Waals surface area contributed by atoms with Crippen LogP contribution in [-0.4, -0.2) is 10.4 Å². The Balaban J connectivity index is 1.76. The number of thioether (sulfide) groups is 2. The number of Topliss-reactive ketones (excluding diaryl/α,β-unsaturated/α-hetero) is 1. The minimum absolute atomic E-state index is 0.0529. The highest BCUT2D eigenvalue weighted by atomic mass is 32.2. The number of hydrogen-bond acceptors (Lipinski definition) is 3. The van der Waals surface area contributed by atoms with Crippen LogP contribution in [0.2, 0.25) is 0 Å². The van der Waals surface area contributed by atoms with E-state index in [-0.39, 0.29) is 10.5 Å². The van der Waals surface area contributed by atoms with Crippen LogP contribution in [0.1, 0.15) is 32.1 Å². The summed E-state index contributed by atoms with van der Waals surface area (Å²) in [6, 6.07) is 20.6. The summed E-state index contributed by atoms with van der Waals surface area (Å²) >= 11 is 3.40. The lowest BCUT2D eigenvalue weighted by Gasteiger charge is -2.25. The van der Waals surface area contributed by atoms with Gasteiger partial charge in [0, 0.05) is 15.7 Å². The van der Waals surface area contributed by atoms with E-state index >= 15 is 0 Å². The molecule has 0 saturated heterocycles. The predicted molar refractivity (Wildman–Crippen MR) is 100.0 cm³/mol. The highest BCUT2D eigenvalue weighted by Crippen LogP contribution is 2.39. The van der Waals surface area contributed by atoms with Gasteiger partial charge in [0.05, 0.1) is 0 Å². The average Bonchev–Trinajstić information content (AvgIpc) is 2.63. The fourth-order valence-corrected chi connectivity index (χ4v) is 5.56. The lowest BCUT2D eigenvalue weighted by molar-refractivity contribution is -0.121. The van der Waals surface area contributed by atoms with Crippen LogP contribution in [0, 0.1) is 5.92 Å². The van der Waals surface area contributed by atoms with E-state index in [2.05, 4.69) is 24.3 Å². The quantitative estimate of drug-likeness (QED) is 0.470. The molecule has 0 atom stereocenters. The Bertz CT molecular complexity index is 565. The van der Waals surface area contributed by atoms with E-state index in [0.717, 1.165) is 12.8 Å². The van der Waals surface area contributed by atoms with Gasteiger partial charge in [-0.2, -0.15) is 0 Å². The molecule has 0 N–H and O–H groups in total. The van der Waals surface area contributed by atoms with Crippen molar-refractivity contribution in [3.8, 4) is 0 Å². The van der Waals surface area contributed by atoms with Gasteiger partial charge in [-0.3, -0.25) is 4.79 Å². The molecule has 1 fully saturated rings. The Hall–Kier alpha value is -1.19. The minimum atomic E-state index is -0.0529. The van der Waals surface area contributed by atoms with Crippen LogP contribution in [0.3, 0.4) is 0 Å². The highest BCUT2D eigenvalue weighted by molar-refractivity contribution is 8.18. The number of carbonyl (C=O) groups is 1. The maximum Gasteiger partial charge on any atom is 0.159 e. The lowest BCUT2D eigenvalue weighted by atomic mass is 9.87. The van der Waals surface area contributed by atoms with Crippen LogP contribution in [-0.2, 0) is 4.79 Å². The second kappa shape index (κ2) is 8.60. The molecule has 1 nitrogen and oxygen atoms in total. The zero-order valence-electron chi connectivity index (χ0n) is 13.2. The van der Waals surface area contributed by atoms with Crippen molar-refractivity contribution in [3.63, 3.8) is 0 Å². The Morgan fingerprint density at radius 3 is 1.74 bits per heavy atom.